The molecular formula is C21H25FN4O5. The highest BCUT2D eigenvalue weighted by Gasteiger charge is 2.33. The Morgan fingerprint density at radius 1 is 1.48 bits per heavy atom. The highest BCUT2D eigenvalue weighted by Crippen LogP contribution is 2.42. The summed E-state index contributed by atoms with van der Waals surface area (Å²) < 4.78 is 23.0. The van der Waals surface area contributed by atoms with Gasteiger partial charge in [-0.1, -0.05) is 5.16 Å². The van der Waals surface area contributed by atoms with Crippen LogP contribution in [-0.4, -0.2) is 60.7 Å². The van der Waals surface area contributed by atoms with Crippen LogP contribution in [0.25, 0.3) is 10.9 Å². The fourth-order valence-corrected chi connectivity index (χ4v) is 4.24. The van der Waals surface area contributed by atoms with Crippen molar-refractivity contribution < 1.29 is 23.9 Å². The first-order chi connectivity index (χ1) is 14.9. The van der Waals surface area contributed by atoms with Crippen molar-refractivity contribution >= 4 is 28.3 Å². The van der Waals surface area contributed by atoms with Gasteiger partial charge in [-0.15, -0.1) is 0 Å². The van der Waals surface area contributed by atoms with E-state index in [9.17, 15) is 14.7 Å². The van der Waals surface area contributed by atoms with E-state index in [0.717, 1.165) is 11.8 Å². The molecule has 2 aromatic rings. The molecule has 9 nitrogen and oxygen atoms in total. The number of oxime groups is 1. The first kappa shape index (κ1) is 21.1. The van der Waals surface area contributed by atoms with Crippen LogP contribution in [0.5, 0.6) is 5.75 Å². The monoisotopic (exact) mass is 432 g/mol. The highest BCUT2D eigenvalue weighted by atomic mass is 19.1. The Bertz CT molecular complexity index is 1130. The largest absolute Gasteiger partial charge is 0.487 e. The zero-order valence-corrected chi connectivity index (χ0v) is 17.6. The van der Waals surface area contributed by atoms with Crippen LogP contribution in [0.1, 0.15) is 36.7 Å². The molecule has 4 rings (SSSR count). The van der Waals surface area contributed by atoms with Gasteiger partial charge in [0.1, 0.15) is 24.5 Å². The number of anilines is 1. The van der Waals surface area contributed by atoms with Gasteiger partial charge in [-0.2, -0.15) is 0 Å². The lowest BCUT2D eigenvalue weighted by Crippen LogP contribution is -2.49. The van der Waals surface area contributed by atoms with E-state index in [-0.39, 0.29) is 41.1 Å². The summed E-state index contributed by atoms with van der Waals surface area (Å²) in [5, 5.41) is 16.8. The molecule has 0 spiro atoms. The predicted molar refractivity (Wildman–Crippen MR) is 114 cm³/mol. The molecule has 2 N–H and O–H groups in total. The number of rotatable bonds is 5. The lowest BCUT2D eigenvalue weighted by atomic mass is 10.0. The SMILES string of the molecule is CCO/N=C1\CN(c2c(F)cc3c(=O)c(C(=O)O)cn4c3c2OC[C@@H]4C)CCC1NC. The number of carboxylic acids is 1. The van der Waals surface area contributed by atoms with Gasteiger partial charge in [-0.05, 0) is 33.4 Å². The molecule has 2 aliphatic rings. The maximum absolute atomic E-state index is 15.4. The Labute approximate surface area is 178 Å². The van der Waals surface area contributed by atoms with Crippen molar-refractivity contribution in [3.63, 3.8) is 0 Å². The number of nitrogens with zero attached hydrogens (tertiary/aromatic N) is 3. The van der Waals surface area contributed by atoms with Crippen molar-refractivity contribution in [2.75, 3.05) is 38.3 Å². The summed E-state index contributed by atoms with van der Waals surface area (Å²) in [7, 11) is 1.84. The Morgan fingerprint density at radius 3 is 2.94 bits per heavy atom. The fourth-order valence-electron chi connectivity index (χ4n) is 4.24. The molecular weight excluding hydrogens is 407 g/mol. The van der Waals surface area contributed by atoms with Crippen LogP contribution >= 0.6 is 0 Å². The molecule has 2 aliphatic heterocycles. The first-order valence-corrected chi connectivity index (χ1v) is 10.3. The summed E-state index contributed by atoms with van der Waals surface area (Å²) in [5.41, 5.74) is 0.277. The van der Waals surface area contributed by atoms with Crippen molar-refractivity contribution in [2.24, 2.45) is 5.16 Å². The Hall–Kier alpha value is -3.14. The molecule has 0 radical (unpaired) electrons. The number of pyridine rings is 1. The normalized spacial score (nSPS) is 21.9. The molecule has 0 aliphatic carbocycles. The van der Waals surface area contributed by atoms with E-state index in [2.05, 4.69) is 10.5 Å². The minimum Gasteiger partial charge on any atom is -0.487 e. The molecule has 0 saturated carbocycles. The van der Waals surface area contributed by atoms with Crippen LogP contribution in [-0.2, 0) is 4.84 Å². The maximum atomic E-state index is 15.4. The number of benzene rings is 1. The lowest BCUT2D eigenvalue weighted by molar-refractivity contribution is 0.0694. The van der Waals surface area contributed by atoms with E-state index in [1.807, 2.05) is 25.8 Å². The van der Waals surface area contributed by atoms with Gasteiger partial charge in [0.15, 0.2) is 11.6 Å². The number of ether oxygens (including phenoxy) is 1. The minimum absolute atomic E-state index is 0.00369. The standard InChI is InChI=1S/C21H25FN4O5/c1-4-31-24-16-9-25(6-5-15(16)23-3)18-14(22)7-12-17-20(18)30-10-11(2)26(17)8-13(19(12)27)21(28)29/h7-8,11,15,23H,4-6,9-10H2,1-3H3,(H,28,29)/b24-16+/t11-,15?/m0/s1. The van der Waals surface area contributed by atoms with E-state index in [0.29, 0.717) is 31.6 Å². The number of aromatic nitrogens is 1. The van der Waals surface area contributed by atoms with E-state index in [1.54, 1.807) is 4.57 Å². The Morgan fingerprint density at radius 2 is 2.26 bits per heavy atom. The average Bonchev–Trinajstić information content (AvgIpc) is 2.75. The molecule has 1 unspecified atom stereocenters. The third kappa shape index (κ3) is 3.50. The number of carbonyl (C=O) groups is 1. The van der Waals surface area contributed by atoms with Crippen LogP contribution in [0, 0.1) is 5.82 Å². The second-order valence-corrected chi connectivity index (χ2v) is 7.73. The topological polar surface area (TPSA) is 105 Å². The number of hydrogen-bond acceptors (Lipinski definition) is 7. The predicted octanol–water partition coefficient (Wildman–Crippen LogP) is 1.98. The van der Waals surface area contributed by atoms with Crippen molar-refractivity contribution in [1.82, 2.24) is 9.88 Å². The van der Waals surface area contributed by atoms with Crippen LogP contribution in [0.4, 0.5) is 10.1 Å². The van der Waals surface area contributed by atoms with E-state index < -0.39 is 17.2 Å². The number of halogens is 1. The molecule has 1 fully saturated rings. The van der Waals surface area contributed by atoms with Gasteiger partial charge in [-0.25, -0.2) is 9.18 Å². The summed E-state index contributed by atoms with van der Waals surface area (Å²) in [6.45, 7) is 5.22. The number of aromatic carboxylic acids is 1. The molecule has 2 atom stereocenters. The van der Waals surface area contributed by atoms with Gasteiger partial charge in [0.2, 0.25) is 5.43 Å². The second kappa shape index (κ2) is 8.18. The minimum atomic E-state index is -1.34. The van der Waals surface area contributed by atoms with Gasteiger partial charge in [0.05, 0.1) is 35.2 Å². The summed E-state index contributed by atoms with van der Waals surface area (Å²) in [5.74, 6) is -1.73. The van der Waals surface area contributed by atoms with Gasteiger partial charge in [0.25, 0.3) is 0 Å². The summed E-state index contributed by atoms with van der Waals surface area (Å²) in [6.07, 6.45) is 2.00. The smallest absolute Gasteiger partial charge is 0.341 e. The molecule has 1 aromatic carbocycles. The maximum Gasteiger partial charge on any atom is 0.341 e. The van der Waals surface area contributed by atoms with Crippen molar-refractivity contribution in [3.8, 4) is 5.75 Å². The van der Waals surface area contributed by atoms with E-state index in [4.69, 9.17) is 9.57 Å². The van der Waals surface area contributed by atoms with E-state index >= 15 is 4.39 Å². The van der Waals surface area contributed by atoms with Crippen molar-refractivity contribution in [1.29, 1.82) is 0 Å². The number of nitrogens with one attached hydrogen (secondary N) is 1. The van der Waals surface area contributed by atoms with Crippen LogP contribution in [0.3, 0.4) is 0 Å². The molecule has 31 heavy (non-hydrogen) atoms. The zero-order chi connectivity index (χ0) is 22.3. The molecule has 0 amide bonds. The zero-order valence-electron chi connectivity index (χ0n) is 17.6. The molecule has 10 heteroatoms. The van der Waals surface area contributed by atoms with Crippen LogP contribution in [0.2, 0.25) is 0 Å². The van der Waals surface area contributed by atoms with Gasteiger partial charge < -0.3 is 29.5 Å². The fraction of sp³-hybridized carbons (Fsp3) is 0.476. The molecule has 0 bridgehead atoms. The third-order valence-corrected chi connectivity index (χ3v) is 5.79. The summed E-state index contributed by atoms with van der Waals surface area (Å²) in [6, 6.07) is 0.918. The third-order valence-electron chi connectivity index (χ3n) is 5.79. The Kier molecular flexibility index (Phi) is 5.57. The quantitative estimate of drug-likeness (QED) is 0.696. The summed E-state index contributed by atoms with van der Waals surface area (Å²) >= 11 is 0. The molecule has 1 aromatic heterocycles. The highest BCUT2D eigenvalue weighted by molar-refractivity contribution is 5.99. The Balaban J connectivity index is 1.89. The average molecular weight is 432 g/mol. The van der Waals surface area contributed by atoms with E-state index in [1.165, 1.54) is 6.20 Å². The molecule has 3 heterocycles. The van der Waals surface area contributed by atoms with Gasteiger partial charge >= 0.3 is 5.97 Å². The van der Waals surface area contributed by atoms with Gasteiger partial charge in [-0.3, -0.25) is 4.79 Å². The lowest BCUT2D eigenvalue weighted by Gasteiger charge is -2.37. The summed E-state index contributed by atoms with van der Waals surface area (Å²) in [4.78, 5) is 31.3. The van der Waals surface area contributed by atoms with Crippen LogP contribution < -0.4 is 20.4 Å². The molecule has 166 valence electrons. The van der Waals surface area contributed by atoms with Gasteiger partial charge in [0, 0.05) is 12.7 Å². The molecule has 1 saturated heterocycles. The number of hydrogen-bond donors (Lipinski definition) is 2. The van der Waals surface area contributed by atoms with Crippen molar-refractivity contribution in [3.05, 3.63) is 33.9 Å². The van der Waals surface area contributed by atoms with Crippen molar-refractivity contribution in [2.45, 2.75) is 32.4 Å². The first-order valence-electron chi connectivity index (χ1n) is 10.3. The second-order valence-electron chi connectivity index (χ2n) is 7.73. The number of piperidine rings is 1. The number of carboxylic acid groups (broad SMARTS) is 1. The van der Waals surface area contributed by atoms with Crippen LogP contribution in [0.15, 0.2) is 22.2 Å².